The van der Waals surface area contributed by atoms with Gasteiger partial charge in [0.05, 0.1) is 17.7 Å². The first kappa shape index (κ1) is 18.9. The molecule has 1 heterocycles. The number of benzene rings is 3. The second-order valence-electron chi connectivity index (χ2n) is 7.04. The molecule has 4 rings (SSSR count). The molecule has 0 amide bonds. The van der Waals surface area contributed by atoms with Gasteiger partial charge in [0, 0.05) is 18.5 Å². The minimum absolute atomic E-state index is 0.0100. The molecule has 0 unspecified atom stereocenters. The summed E-state index contributed by atoms with van der Waals surface area (Å²) in [5.74, 6) is 1.35. The number of aromatic nitrogens is 2. The summed E-state index contributed by atoms with van der Waals surface area (Å²) in [6.45, 7) is 3.09. The predicted octanol–water partition coefficient (Wildman–Crippen LogP) is 4.31. The molecular weight excluding hydrogens is 362 g/mol. The van der Waals surface area contributed by atoms with Crippen LogP contribution in [0.2, 0.25) is 0 Å². The summed E-state index contributed by atoms with van der Waals surface area (Å²) in [6.07, 6.45) is 0. The molecule has 5 nitrogen and oxygen atoms in total. The molecule has 0 atom stereocenters. The highest BCUT2D eigenvalue weighted by molar-refractivity contribution is 5.91. The summed E-state index contributed by atoms with van der Waals surface area (Å²) in [4.78, 5) is 11.6. The van der Waals surface area contributed by atoms with Crippen LogP contribution in [0.3, 0.4) is 0 Å². The average Bonchev–Trinajstić information content (AvgIpc) is 2.73. The van der Waals surface area contributed by atoms with Crippen LogP contribution in [0.25, 0.3) is 22.3 Å². The molecule has 0 bridgehead atoms. The van der Waals surface area contributed by atoms with Crippen molar-refractivity contribution in [1.29, 1.82) is 0 Å². The number of aliphatic hydroxyl groups is 1. The topological polar surface area (TPSA) is 69.5 Å². The lowest BCUT2D eigenvalue weighted by Crippen LogP contribution is -2.27. The summed E-state index contributed by atoms with van der Waals surface area (Å²) in [6, 6.07) is 23.2. The smallest absolute Gasteiger partial charge is 0.165 e. The van der Waals surface area contributed by atoms with Gasteiger partial charge >= 0.3 is 0 Å². The van der Waals surface area contributed by atoms with Crippen molar-refractivity contribution in [2.45, 2.75) is 13.5 Å². The second kappa shape index (κ2) is 8.29. The number of nitrogens with zero attached hydrogens (tertiary/aromatic N) is 3. The third-order valence-electron chi connectivity index (χ3n) is 4.86. The fourth-order valence-electron chi connectivity index (χ4n) is 3.43. The third kappa shape index (κ3) is 4.05. The van der Waals surface area contributed by atoms with Gasteiger partial charge in [-0.1, -0.05) is 48.5 Å². The Labute approximate surface area is 169 Å². The molecule has 0 fully saturated rings. The number of aliphatic hydroxyl groups excluding tert-OH is 1. The van der Waals surface area contributed by atoms with E-state index in [0.717, 1.165) is 27.8 Å². The number of aryl methyl sites for hydroxylation is 1. The molecule has 0 aliphatic carbocycles. The highest BCUT2D eigenvalue weighted by atomic mass is 16.3. The van der Waals surface area contributed by atoms with E-state index < -0.39 is 0 Å². The number of rotatable bonds is 6. The normalized spacial score (nSPS) is 11.0. The number of aromatic hydroxyl groups is 1. The van der Waals surface area contributed by atoms with E-state index >= 15 is 0 Å². The maximum absolute atomic E-state index is 10.3. The maximum atomic E-state index is 10.3. The molecule has 2 N–H and O–H groups in total. The van der Waals surface area contributed by atoms with Crippen molar-refractivity contribution in [2.75, 3.05) is 18.1 Å². The summed E-state index contributed by atoms with van der Waals surface area (Å²) in [7, 11) is 0. The van der Waals surface area contributed by atoms with Gasteiger partial charge in [-0.15, -0.1) is 0 Å². The van der Waals surface area contributed by atoms with Gasteiger partial charge in [0.25, 0.3) is 0 Å². The van der Waals surface area contributed by atoms with Gasteiger partial charge in [-0.05, 0) is 42.3 Å². The van der Waals surface area contributed by atoms with Crippen molar-refractivity contribution >= 4 is 16.7 Å². The lowest BCUT2D eigenvalue weighted by atomic mass is 10.1. The summed E-state index contributed by atoms with van der Waals surface area (Å²) in [5.41, 5.74) is 3.62. The van der Waals surface area contributed by atoms with Gasteiger partial charge in [0.1, 0.15) is 11.6 Å². The van der Waals surface area contributed by atoms with E-state index in [0.29, 0.717) is 24.5 Å². The Morgan fingerprint density at radius 2 is 1.66 bits per heavy atom. The number of phenols is 1. The fraction of sp³-hybridized carbons (Fsp3) is 0.167. The molecule has 5 heteroatoms. The molecule has 146 valence electrons. The molecule has 29 heavy (non-hydrogen) atoms. The van der Waals surface area contributed by atoms with E-state index in [1.165, 1.54) is 0 Å². The zero-order chi connectivity index (χ0) is 20.2. The fourth-order valence-corrected chi connectivity index (χ4v) is 3.43. The van der Waals surface area contributed by atoms with E-state index in [-0.39, 0.29) is 12.4 Å². The van der Waals surface area contributed by atoms with Crippen molar-refractivity contribution in [3.63, 3.8) is 0 Å². The first-order valence-corrected chi connectivity index (χ1v) is 9.62. The Morgan fingerprint density at radius 1 is 0.897 bits per heavy atom. The molecule has 0 saturated heterocycles. The van der Waals surface area contributed by atoms with Gasteiger partial charge in [0.15, 0.2) is 5.82 Å². The van der Waals surface area contributed by atoms with Crippen LogP contribution in [0.1, 0.15) is 11.1 Å². The molecule has 0 radical (unpaired) electrons. The number of para-hydroxylation sites is 1. The first-order valence-electron chi connectivity index (χ1n) is 9.62. The number of fused-ring (bicyclic) bond motifs is 1. The average molecular weight is 385 g/mol. The number of hydrogen-bond donors (Lipinski definition) is 2. The van der Waals surface area contributed by atoms with Gasteiger partial charge in [-0.25, -0.2) is 9.97 Å². The lowest BCUT2D eigenvalue weighted by Gasteiger charge is -2.25. The van der Waals surface area contributed by atoms with Crippen LogP contribution in [0, 0.1) is 6.92 Å². The molecule has 0 saturated carbocycles. The van der Waals surface area contributed by atoms with Gasteiger partial charge in [-0.2, -0.15) is 0 Å². The largest absolute Gasteiger partial charge is 0.507 e. The Balaban J connectivity index is 1.89. The molecule has 0 aliphatic heterocycles. The summed E-state index contributed by atoms with van der Waals surface area (Å²) < 4.78 is 0. The first-order chi connectivity index (χ1) is 14.2. The Kier molecular flexibility index (Phi) is 5.40. The molecule has 0 aliphatic rings. The van der Waals surface area contributed by atoms with Crippen molar-refractivity contribution < 1.29 is 10.2 Å². The third-order valence-corrected chi connectivity index (χ3v) is 4.86. The van der Waals surface area contributed by atoms with Crippen LogP contribution in [0.5, 0.6) is 5.75 Å². The van der Waals surface area contributed by atoms with Crippen LogP contribution in [0.4, 0.5) is 5.82 Å². The minimum Gasteiger partial charge on any atom is -0.507 e. The predicted molar refractivity (Wildman–Crippen MR) is 116 cm³/mol. The lowest BCUT2D eigenvalue weighted by molar-refractivity contribution is 0.301. The quantitative estimate of drug-likeness (QED) is 0.518. The van der Waals surface area contributed by atoms with Crippen LogP contribution in [-0.4, -0.2) is 33.3 Å². The van der Waals surface area contributed by atoms with E-state index in [1.807, 2.05) is 55.5 Å². The Hall–Kier alpha value is -3.44. The van der Waals surface area contributed by atoms with Gasteiger partial charge in [-0.3, -0.25) is 0 Å². The van der Waals surface area contributed by atoms with Crippen molar-refractivity contribution in [1.82, 2.24) is 9.97 Å². The van der Waals surface area contributed by atoms with Crippen LogP contribution >= 0.6 is 0 Å². The highest BCUT2D eigenvalue weighted by Crippen LogP contribution is 2.32. The minimum atomic E-state index is 0.0100. The van der Waals surface area contributed by atoms with Crippen LogP contribution in [0.15, 0.2) is 72.8 Å². The van der Waals surface area contributed by atoms with Crippen LogP contribution < -0.4 is 4.90 Å². The second-order valence-corrected chi connectivity index (χ2v) is 7.04. The highest BCUT2D eigenvalue weighted by Gasteiger charge is 2.17. The van der Waals surface area contributed by atoms with Crippen LogP contribution in [-0.2, 0) is 6.54 Å². The van der Waals surface area contributed by atoms with Crippen molar-refractivity contribution in [2.24, 2.45) is 0 Å². The van der Waals surface area contributed by atoms with E-state index in [1.54, 1.807) is 12.1 Å². The number of phenolic OH excluding ortho intramolecular Hbond substituents is 1. The molecule has 0 spiro atoms. The van der Waals surface area contributed by atoms with E-state index in [2.05, 4.69) is 17.0 Å². The molecule has 1 aromatic heterocycles. The Bertz CT molecular complexity index is 1130. The SMILES string of the molecule is Cc1ccc2c(N(CCO)Cc3ccccc3)nc(-c3ccccc3O)nc2c1. The van der Waals surface area contributed by atoms with E-state index in [9.17, 15) is 10.2 Å². The molecule has 4 aromatic rings. The number of hydrogen-bond acceptors (Lipinski definition) is 5. The molecule has 3 aromatic carbocycles. The zero-order valence-electron chi connectivity index (χ0n) is 16.3. The zero-order valence-corrected chi connectivity index (χ0v) is 16.3. The van der Waals surface area contributed by atoms with E-state index in [4.69, 9.17) is 9.97 Å². The molecular formula is C24H23N3O2. The number of anilines is 1. The summed E-state index contributed by atoms with van der Waals surface area (Å²) >= 11 is 0. The Morgan fingerprint density at radius 3 is 2.41 bits per heavy atom. The van der Waals surface area contributed by atoms with Crippen molar-refractivity contribution in [3.05, 3.63) is 83.9 Å². The standard InChI is InChI=1S/C24H23N3O2/c1-17-11-12-19-21(15-17)25-23(20-9-5-6-10-22(20)29)26-24(19)27(13-14-28)16-18-7-3-2-4-8-18/h2-12,15,28-29H,13-14,16H2,1H3. The van der Waals surface area contributed by atoms with Gasteiger partial charge < -0.3 is 15.1 Å². The monoisotopic (exact) mass is 385 g/mol. The summed E-state index contributed by atoms with van der Waals surface area (Å²) in [5, 5.41) is 20.9. The van der Waals surface area contributed by atoms with Gasteiger partial charge in [0.2, 0.25) is 0 Å². The van der Waals surface area contributed by atoms with Crippen molar-refractivity contribution in [3.8, 4) is 17.1 Å². The maximum Gasteiger partial charge on any atom is 0.165 e.